The van der Waals surface area contributed by atoms with E-state index < -0.39 is 23.9 Å². The van der Waals surface area contributed by atoms with E-state index in [4.69, 9.17) is 4.74 Å². The smallest absolute Gasteiger partial charge is 0.408 e. The average Bonchev–Trinajstić information content (AvgIpc) is 2.52. The van der Waals surface area contributed by atoms with Gasteiger partial charge >= 0.3 is 12.1 Å². The van der Waals surface area contributed by atoms with Crippen molar-refractivity contribution in [3.05, 3.63) is 69.9 Å². The van der Waals surface area contributed by atoms with Crippen molar-refractivity contribution in [1.29, 1.82) is 0 Å². The van der Waals surface area contributed by atoms with E-state index in [0.717, 1.165) is 11.6 Å². The van der Waals surface area contributed by atoms with Gasteiger partial charge in [0.25, 0.3) is 0 Å². The van der Waals surface area contributed by atoms with E-state index in [9.17, 15) is 19.1 Å². The molecule has 120 valence electrons. The third-order valence-corrected chi connectivity index (χ3v) is 3.49. The lowest BCUT2D eigenvalue weighted by Crippen LogP contribution is -2.34. The van der Waals surface area contributed by atoms with Crippen LogP contribution in [0.2, 0.25) is 0 Å². The van der Waals surface area contributed by atoms with Crippen molar-refractivity contribution in [1.82, 2.24) is 5.32 Å². The molecule has 0 spiro atoms. The molecule has 2 aromatic carbocycles. The number of carbonyl (C=O) groups is 2. The largest absolute Gasteiger partial charge is 0.479 e. The summed E-state index contributed by atoms with van der Waals surface area (Å²) >= 11 is 3.08. The van der Waals surface area contributed by atoms with Crippen molar-refractivity contribution in [3.63, 3.8) is 0 Å². The molecule has 2 rings (SSSR count). The number of aliphatic carboxylic acids is 1. The van der Waals surface area contributed by atoms with Crippen LogP contribution < -0.4 is 5.32 Å². The Balaban J connectivity index is 2.04. The van der Waals surface area contributed by atoms with Crippen LogP contribution in [0.4, 0.5) is 9.18 Å². The fraction of sp³-hybridized carbons (Fsp3) is 0.125. The van der Waals surface area contributed by atoms with E-state index in [1.807, 2.05) is 6.07 Å². The molecule has 0 aliphatic carbocycles. The Hall–Kier alpha value is -2.41. The summed E-state index contributed by atoms with van der Waals surface area (Å²) in [7, 11) is 0. The van der Waals surface area contributed by atoms with Crippen molar-refractivity contribution in [2.75, 3.05) is 0 Å². The molecule has 7 heteroatoms. The van der Waals surface area contributed by atoms with Crippen LogP contribution in [-0.2, 0) is 16.1 Å². The standard InChI is InChI=1S/C16H13BrFNO4/c17-11-6-7-12(13(18)8-11)14(15(20)21)19-16(22)23-9-10-4-2-1-3-5-10/h1-8,14H,9H2,(H,19,22)(H,20,21). The van der Waals surface area contributed by atoms with E-state index in [2.05, 4.69) is 21.2 Å². The normalized spacial score (nSPS) is 11.6. The highest BCUT2D eigenvalue weighted by molar-refractivity contribution is 9.10. The van der Waals surface area contributed by atoms with Crippen molar-refractivity contribution < 1.29 is 23.8 Å². The molecule has 0 saturated heterocycles. The number of carbonyl (C=O) groups excluding carboxylic acids is 1. The van der Waals surface area contributed by atoms with Gasteiger partial charge in [0.15, 0.2) is 6.04 Å². The van der Waals surface area contributed by atoms with E-state index in [-0.39, 0.29) is 12.2 Å². The van der Waals surface area contributed by atoms with Crippen LogP contribution in [0.25, 0.3) is 0 Å². The number of ether oxygens (including phenoxy) is 1. The molecule has 2 aromatic rings. The van der Waals surface area contributed by atoms with Crippen molar-refractivity contribution in [3.8, 4) is 0 Å². The fourth-order valence-corrected chi connectivity index (χ4v) is 2.22. The average molecular weight is 382 g/mol. The molecule has 2 N–H and O–H groups in total. The highest BCUT2D eigenvalue weighted by Crippen LogP contribution is 2.21. The van der Waals surface area contributed by atoms with Crippen molar-refractivity contribution in [2.45, 2.75) is 12.6 Å². The third-order valence-electron chi connectivity index (χ3n) is 3.00. The Morgan fingerprint density at radius 1 is 1.22 bits per heavy atom. The van der Waals surface area contributed by atoms with E-state index in [0.29, 0.717) is 4.47 Å². The molecule has 0 aliphatic heterocycles. The number of carboxylic acids is 1. The minimum atomic E-state index is -1.54. The van der Waals surface area contributed by atoms with Gasteiger partial charge in [0.05, 0.1) is 0 Å². The Morgan fingerprint density at radius 3 is 2.52 bits per heavy atom. The summed E-state index contributed by atoms with van der Waals surface area (Å²) in [6, 6.07) is 11.3. The summed E-state index contributed by atoms with van der Waals surface area (Å²) < 4.78 is 19.3. The topological polar surface area (TPSA) is 75.6 Å². The highest BCUT2D eigenvalue weighted by Gasteiger charge is 2.25. The Morgan fingerprint density at radius 2 is 1.91 bits per heavy atom. The number of hydrogen-bond acceptors (Lipinski definition) is 3. The van der Waals surface area contributed by atoms with Crippen LogP contribution in [0.5, 0.6) is 0 Å². The Labute approximate surface area is 140 Å². The first-order valence-electron chi connectivity index (χ1n) is 6.62. The van der Waals surface area contributed by atoms with Crippen LogP contribution in [0.1, 0.15) is 17.2 Å². The quantitative estimate of drug-likeness (QED) is 0.828. The predicted molar refractivity (Wildman–Crippen MR) is 84.2 cm³/mol. The minimum absolute atomic E-state index is 0.0121. The molecule has 0 heterocycles. The van der Waals surface area contributed by atoms with Gasteiger partial charge in [0.2, 0.25) is 0 Å². The number of alkyl carbamates (subject to hydrolysis) is 1. The van der Waals surface area contributed by atoms with Gasteiger partial charge in [-0.15, -0.1) is 0 Å². The molecule has 23 heavy (non-hydrogen) atoms. The molecule has 1 unspecified atom stereocenters. The van der Waals surface area contributed by atoms with E-state index in [1.54, 1.807) is 24.3 Å². The molecular formula is C16H13BrFNO4. The number of benzene rings is 2. The summed E-state index contributed by atoms with van der Waals surface area (Å²) in [5.41, 5.74) is 0.599. The molecule has 1 amide bonds. The number of amides is 1. The molecule has 0 bridgehead atoms. The molecule has 0 radical (unpaired) electrons. The molecule has 0 aliphatic rings. The number of rotatable bonds is 5. The van der Waals surface area contributed by atoms with Gasteiger partial charge in [-0.05, 0) is 17.7 Å². The van der Waals surface area contributed by atoms with Crippen LogP contribution in [0, 0.1) is 5.82 Å². The first kappa shape index (κ1) is 17.0. The summed E-state index contributed by atoms with van der Waals surface area (Å²) in [5.74, 6) is -2.13. The monoisotopic (exact) mass is 381 g/mol. The lowest BCUT2D eigenvalue weighted by Gasteiger charge is -2.16. The SMILES string of the molecule is O=C(NC(C(=O)O)c1ccc(Br)cc1F)OCc1ccccc1. The zero-order valence-electron chi connectivity index (χ0n) is 11.8. The second-order valence-electron chi connectivity index (χ2n) is 4.64. The van der Waals surface area contributed by atoms with Gasteiger partial charge in [0, 0.05) is 10.0 Å². The predicted octanol–water partition coefficient (Wildman–Crippen LogP) is 3.64. The Kier molecular flexibility index (Phi) is 5.70. The third kappa shape index (κ3) is 4.79. The first-order chi connectivity index (χ1) is 11.0. The van der Waals surface area contributed by atoms with E-state index in [1.165, 1.54) is 12.1 Å². The van der Waals surface area contributed by atoms with Crippen LogP contribution in [0.3, 0.4) is 0 Å². The summed E-state index contributed by atoms with van der Waals surface area (Å²) in [6.07, 6.45) is -0.941. The molecule has 0 saturated carbocycles. The maximum atomic E-state index is 13.9. The minimum Gasteiger partial charge on any atom is -0.479 e. The zero-order valence-corrected chi connectivity index (χ0v) is 13.4. The summed E-state index contributed by atoms with van der Waals surface area (Å²) in [6.45, 7) is -0.0121. The molecule has 1 atom stereocenters. The number of hydrogen-bond donors (Lipinski definition) is 2. The fourth-order valence-electron chi connectivity index (χ4n) is 1.89. The van der Waals surface area contributed by atoms with Gasteiger partial charge in [-0.25, -0.2) is 14.0 Å². The number of halogens is 2. The zero-order chi connectivity index (χ0) is 16.8. The lowest BCUT2D eigenvalue weighted by atomic mass is 10.1. The highest BCUT2D eigenvalue weighted by atomic mass is 79.9. The van der Waals surface area contributed by atoms with Crippen LogP contribution in [0.15, 0.2) is 53.0 Å². The van der Waals surface area contributed by atoms with E-state index >= 15 is 0 Å². The first-order valence-corrected chi connectivity index (χ1v) is 7.41. The second kappa shape index (κ2) is 7.73. The van der Waals surface area contributed by atoms with Crippen molar-refractivity contribution >= 4 is 28.0 Å². The second-order valence-corrected chi connectivity index (χ2v) is 5.56. The van der Waals surface area contributed by atoms with Gasteiger partial charge in [-0.3, -0.25) is 0 Å². The molecular weight excluding hydrogens is 369 g/mol. The van der Waals surface area contributed by atoms with Crippen molar-refractivity contribution in [2.24, 2.45) is 0 Å². The number of nitrogens with one attached hydrogen (secondary N) is 1. The maximum Gasteiger partial charge on any atom is 0.408 e. The lowest BCUT2D eigenvalue weighted by molar-refractivity contribution is -0.139. The number of carboxylic acid groups (broad SMARTS) is 1. The molecule has 0 fully saturated rings. The van der Waals surface area contributed by atoms with Gasteiger partial charge in [-0.1, -0.05) is 52.3 Å². The maximum absolute atomic E-state index is 13.9. The van der Waals surface area contributed by atoms with Crippen LogP contribution >= 0.6 is 15.9 Å². The van der Waals surface area contributed by atoms with Gasteiger partial charge in [-0.2, -0.15) is 0 Å². The summed E-state index contributed by atoms with van der Waals surface area (Å²) in [4.78, 5) is 23.1. The van der Waals surface area contributed by atoms with Crippen LogP contribution in [-0.4, -0.2) is 17.2 Å². The molecule has 0 aromatic heterocycles. The molecule has 5 nitrogen and oxygen atoms in total. The van der Waals surface area contributed by atoms with Gasteiger partial charge < -0.3 is 15.2 Å². The summed E-state index contributed by atoms with van der Waals surface area (Å²) in [5, 5.41) is 11.4. The van der Waals surface area contributed by atoms with Gasteiger partial charge in [0.1, 0.15) is 12.4 Å². The Bertz CT molecular complexity index is 708.